The molecule has 0 spiro atoms. The Balaban J connectivity index is 2.02. The van der Waals surface area contributed by atoms with Crippen molar-refractivity contribution >= 4 is 5.69 Å². The minimum Gasteiger partial charge on any atom is -0.387 e. The highest BCUT2D eigenvalue weighted by atomic mass is 16.6. The molecular formula is C15H22N2O4. The van der Waals surface area contributed by atoms with Gasteiger partial charge in [-0.05, 0) is 18.9 Å². The predicted octanol–water partition coefficient (Wildman–Crippen LogP) is 2.13. The van der Waals surface area contributed by atoms with Gasteiger partial charge in [0, 0.05) is 31.8 Å². The number of β-amino-alcohol motifs (C(OH)–C–C–N with tert-alkyl or cyclic N) is 1. The van der Waals surface area contributed by atoms with E-state index in [1.165, 1.54) is 12.1 Å². The summed E-state index contributed by atoms with van der Waals surface area (Å²) >= 11 is 0. The summed E-state index contributed by atoms with van der Waals surface area (Å²) in [5.41, 5.74) is 0.588. The molecule has 0 bridgehead atoms. The van der Waals surface area contributed by atoms with Crippen LogP contribution in [-0.2, 0) is 4.74 Å². The highest BCUT2D eigenvalue weighted by molar-refractivity contribution is 5.35. The fraction of sp³-hybridized carbons (Fsp3) is 0.600. The lowest BCUT2D eigenvalue weighted by molar-refractivity contribution is -0.385. The van der Waals surface area contributed by atoms with Gasteiger partial charge in [-0.2, -0.15) is 0 Å². The number of nitro benzene ring substituents is 1. The fourth-order valence-electron chi connectivity index (χ4n) is 2.71. The monoisotopic (exact) mass is 294 g/mol. The Kier molecular flexibility index (Phi) is 5.27. The summed E-state index contributed by atoms with van der Waals surface area (Å²) in [6.45, 7) is 6.12. The van der Waals surface area contributed by atoms with Crippen molar-refractivity contribution in [3.63, 3.8) is 0 Å². The molecule has 21 heavy (non-hydrogen) atoms. The van der Waals surface area contributed by atoms with E-state index in [2.05, 4.69) is 11.8 Å². The minimum absolute atomic E-state index is 0.00771. The van der Waals surface area contributed by atoms with Crippen LogP contribution in [0.25, 0.3) is 0 Å². The molecule has 1 heterocycles. The minimum atomic E-state index is -0.729. The van der Waals surface area contributed by atoms with Crippen molar-refractivity contribution in [1.82, 2.24) is 4.90 Å². The molecule has 3 atom stereocenters. The van der Waals surface area contributed by atoms with Gasteiger partial charge in [0.15, 0.2) is 0 Å². The van der Waals surface area contributed by atoms with Crippen LogP contribution in [0.15, 0.2) is 24.3 Å². The molecule has 1 fully saturated rings. The molecule has 0 saturated carbocycles. The summed E-state index contributed by atoms with van der Waals surface area (Å²) in [4.78, 5) is 12.5. The van der Waals surface area contributed by atoms with Gasteiger partial charge >= 0.3 is 0 Å². The van der Waals surface area contributed by atoms with Crippen molar-refractivity contribution < 1.29 is 14.8 Å². The molecule has 1 N–H and O–H groups in total. The van der Waals surface area contributed by atoms with Gasteiger partial charge < -0.3 is 9.84 Å². The van der Waals surface area contributed by atoms with E-state index in [0.29, 0.717) is 12.1 Å². The van der Waals surface area contributed by atoms with Crippen LogP contribution in [0.2, 0.25) is 0 Å². The Morgan fingerprint density at radius 3 is 2.95 bits per heavy atom. The topological polar surface area (TPSA) is 75.8 Å². The van der Waals surface area contributed by atoms with Crippen LogP contribution in [0.1, 0.15) is 31.9 Å². The van der Waals surface area contributed by atoms with Gasteiger partial charge in [0.25, 0.3) is 5.69 Å². The van der Waals surface area contributed by atoms with E-state index in [9.17, 15) is 15.2 Å². The van der Waals surface area contributed by atoms with E-state index in [-0.39, 0.29) is 17.9 Å². The molecule has 1 aromatic rings. The average Bonchev–Trinajstić information content (AvgIpc) is 2.46. The number of hydrogen-bond donors (Lipinski definition) is 1. The van der Waals surface area contributed by atoms with Crippen LogP contribution in [-0.4, -0.2) is 46.8 Å². The number of aliphatic hydroxyl groups excluding tert-OH is 1. The van der Waals surface area contributed by atoms with E-state index in [0.717, 1.165) is 19.5 Å². The molecule has 1 aromatic carbocycles. The van der Waals surface area contributed by atoms with Gasteiger partial charge in [-0.1, -0.05) is 19.1 Å². The summed E-state index contributed by atoms with van der Waals surface area (Å²) in [6, 6.07) is 6.19. The molecule has 1 saturated heterocycles. The van der Waals surface area contributed by atoms with Crippen molar-refractivity contribution in [1.29, 1.82) is 0 Å². The third-order valence-corrected chi connectivity index (χ3v) is 3.75. The zero-order valence-electron chi connectivity index (χ0n) is 12.4. The maximum absolute atomic E-state index is 10.8. The molecule has 2 rings (SSSR count). The first kappa shape index (κ1) is 15.9. The van der Waals surface area contributed by atoms with Crippen molar-refractivity contribution in [2.45, 2.75) is 38.6 Å². The zero-order valence-corrected chi connectivity index (χ0v) is 12.4. The average molecular weight is 294 g/mol. The third kappa shape index (κ3) is 4.23. The van der Waals surface area contributed by atoms with Gasteiger partial charge in [0.2, 0.25) is 0 Å². The van der Waals surface area contributed by atoms with Crippen molar-refractivity contribution in [2.75, 3.05) is 19.6 Å². The van der Waals surface area contributed by atoms with Crippen molar-refractivity contribution in [3.8, 4) is 0 Å². The Hall–Kier alpha value is -1.50. The molecule has 3 unspecified atom stereocenters. The molecular weight excluding hydrogens is 272 g/mol. The second kappa shape index (κ2) is 6.98. The number of nitrogens with zero attached hydrogens (tertiary/aromatic N) is 2. The second-order valence-corrected chi connectivity index (χ2v) is 5.56. The second-order valence-electron chi connectivity index (χ2n) is 5.56. The van der Waals surface area contributed by atoms with Crippen LogP contribution < -0.4 is 0 Å². The third-order valence-electron chi connectivity index (χ3n) is 3.75. The number of benzene rings is 1. The van der Waals surface area contributed by atoms with E-state index >= 15 is 0 Å². The first-order chi connectivity index (χ1) is 9.99. The summed E-state index contributed by atoms with van der Waals surface area (Å²) in [6.07, 6.45) is 0.535. The van der Waals surface area contributed by atoms with Gasteiger partial charge in [-0.25, -0.2) is 0 Å². The summed E-state index contributed by atoms with van der Waals surface area (Å²) < 4.78 is 5.79. The van der Waals surface area contributed by atoms with Crippen LogP contribution in [0.5, 0.6) is 0 Å². The molecule has 6 nitrogen and oxygen atoms in total. The number of morpholine rings is 1. The number of non-ortho nitro benzene ring substituents is 1. The maximum Gasteiger partial charge on any atom is 0.269 e. The molecule has 0 aliphatic carbocycles. The molecule has 1 aliphatic rings. The number of rotatable bonds is 5. The van der Waals surface area contributed by atoms with E-state index in [1.54, 1.807) is 12.1 Å². The lowest BCUT2D eigenvalue weighted by Gasteiger charge is -2.37. The van der Waals surface area contributed by atoms with Crippen LogP contribution in [0.4, 0.5) is 5.69 Å². The summed E-state index contributed by atoms with van der Waals surface area (Å²) in [7, 11) is 0. The highest BCUT2D eigenvalue weighted by Gasteiger charge is 2.26. The van der Waals surface area contributed by atoms with Crippen LogP contribution >= 0.6 is 0 Å². The first-order valence-electron chi connectivity index (χ1n) is 7.29. The largest absolute Gasteiger partial charge is 0.387 e. The van der Waals surface area contributed by atoms with Gasteiger partial charge in [-0.15, -0.1) is 0 Å². The summed E-state index contributed by atoms with van der Waals surface area (Å²) in [5.74, 6) is 0. The zero-order chi connectivity index (χ0) is 15.4. The van der Waals surface area contributed by atoms with Gasteiger partial charge in [0.05, 0.1) is 23.2 Å². The predicted molar refractivity (Wildman–Crippen MR) is 79.1 cm³/mol. The molecule has 1 aliphatic heterocycles. The number of hydrogen-bond acceptors (Lipinski definition) is 5. The fourth-order valence-corrected chi connectivity index (χ4v) is 2.71. The number of aliphatic hydroxyl groups is 1. The maximum atomic E-state index is 10.8. The normalized spacial score (nSPS) is 24.7. The number of ether oxygens (including phenoxy) is 1. The lowest BCUT2D eigenvalue weighted by Crippen LogP contribution is -2.47. The van der Waals surface area contributed by atoms with Crippen molar-refractivity contribution in [3.05, 3.63) is 39.9 Å². The number of nitro groups is 1. The van der Waals surface area contributed by atoms with Crippen LogP contribution in [0.3, 0.4) is 0 Å². The molecule has 0 amide bonds. The van der Waals surface area contributed by atoms with E-state index in [4.69, 9.17) is 4.74 Å². The lowest BCUT2D eigenvalue weighted by atomic mass is 10.1. The Morgan fingerprint density at radius 2 is 2.29 bits per heavy atom. The van der Waals surface area contributed by atoms with Crippen molar-refractivity contribution in [2.24, 2.45) is 0 Å². The highest BCUT2D eigenvalue weighted by Crippen LogP contribution is 2.22. The Labute approximate surface area is 124 Å². The van der Waals surface area contributed by atoms with Crippen LogP contribution in [0, 0.1) is 10.1 Å². The molecule has 116 valence electrons. The SMILES string of the molecule is CCC1CN(CC(O)c2cccc([N+](=O)[O-])c2)CC(C)O1. The Morgan fingerprint density at radius 1 is 1.52 bits per heavy atom. The molecule has 6 heteroatoms. The smallest absolute Gasteiger partial charge is 0.269 e. The van der Waals surface area contributed by atoms with Gasteiger partial charge in [-0.3, -0.25) is 15.0 Å². The quantitative estimate of drug-likeness (QED) is 0.665. The molecule has 0 aromatic heterocycles. The van der Waals surface area contributed by atoms with E-state index in [1.807, 2.05) is 6.92 Å². The van der Waals surface area contributed by atoms with E-state index < -0.39 is 11.0 Å². The Bertz CT molecular complexity index is 494. The first-order valence-corrected chi connectivity index (χ1v) is 7.29. The standard InChI is InChI=1S/C15H22N2O4/c1-3-14-9-16(8-11(2)21-14)10-15(18)12-5-4-6-13(7-12)17(19)20/h4-7,11,14-15,18H,3,8-10H2,1-2H3. The van der Waals surface area contributed by atoms with Gasteiger partial charge in [0.1, 0.15) is 0 Å². The summed E-state index contributed by atoms with van der Waals surface area (Å²) in [5, 5.41) is 21.1. The molecule has 0 radical (unpaired) electrons.